The van der Waals surface area contributed by atoms with Crippen LogP contribution in [0.1, 0.15) is 12.0 Å². The Kier molecular flexibility index (Phi) is 2.37. The minimum absolute atomic E-state index is 0.182. The Balaban J connectivity index is 2.45. The number of alkyl halides is 2. The molecule has 1 fully saturated rings. The fourth-order valence-electron chi connectivity index (χ4n) is 1.59. The van der Waals surface area contributed by atoms with E-state index in [0.717, 1.165) is 0 Å². The van der Waals surface area contributed by atoms with Crippen molar-refractivity contribution in [1.29, 1.82) is 0 Å². The molecule has 0 amide bonds. The van der Waals surface area contributed by atoms with E-state index in [0.29, 0.717) is 10.7 Å². The van der Waals surface area contributed by atoms with Crippen molar-refractivity contribution in [2.45, 2.75) is 16.2 Å². The number of pyridine rings is 1. The van der Waals surface area contributed by atoms with E-state index in [9.17, 15) is 4.79 Å². The number of carbonyl (C=O) groups is 1. The van der Waals surface area contributed by atoms with E-state index in [4.69, 9.17) is 39.9 Å². The highest BCUT2D eigenvalue weighted by atomic mass is 35.5. The molecule has 1 saturated carbocycles. The lowest BCUT2D eigenvalue weighted by molar-refractivity contribution is -0.140. The number of halogens is 3. The number of aromatic nitrogens is 1. The van der Waals surface area contributed by atoms with Gasteiger partial charge in [0, 0.05) is 12.6 Å². The van der Waals surface area contributed by atoms with Crippen molar-refractivity contribution in [2.75, 3.05) is 0 Å². The minimum atomic E-state index is -1.26. The van der Waals surface area contributed by atoms with Gasteiger partial charge in [-0.1, -0.05) is 40.9 Å². The SMILES string of the molecule is O=C(O)C1(c2ccc(Cl)nc2)CC1(Cl)Cl. The maximum atomic E-state index is 11.2. The monoisotopic (exact) mass is 265 g/mol. The second kappa shape index (κ2) is 3.24. The molecule has 1 N–H and O–H groups in total. The summed E-state index contributed by atoms with van der Waals surface area (Å²) in [5.41, 5.74) is -0.766. The smallest absolute Gasteiger partial charge is 0.317 e. The largest absolute Gasteiger partial charge is 0.480 e. The summed E-state index contributed by atoms with van der Waals surface area (Å²) in [6, 6.07) is 3.10. The molecule has 1 aromatic heterocycles. The lowest BCUT2D eigenvalue weighted by atomic mass is 9.98. The van der Waals surface area contributed by atoms with Gasteiger partial charge in [-0.2, -0.15) is 0 Å². The van der Waals surface area contributed by atoms with E-state index >= 15 is 0 Å². The lowest BCUT2D eigenvalue weighted by Gasteiger charge is -2.12. The summed E-state index contributed by atoms with van der Waals surface area (Å²) in [7, 11) is 0. The van der Waals surface area contributed by atoms with Crippen LogP contribution in [0.25, 0.3) is 0 Å². The Morgan fingerprint density at radius 1 is 1.47 bits per heavy atom. The predicted octanol–water partition coefficient (Wildman–Crippen LogP) is 2.64. The van der Waals surface area contributed by atoms with Crippen LogP contribution in [0.5, 0.6) is 0 Å². The summed E-state index contributed by atoms with van der Waals surface area (Å²) in [5, 5.41) is 9.43. The molecule has 1 unspecified atom stereocenters. The van der Waals surface area contributed by atoms with Crippen molar-refractivity contribution in [1.82, 2.24) is 4.98 Å². The third-order valence-electron chi connectivity index (χ3n) is 2.57. The van der Waals surface area contributed by atoms with Crippen LogP contribution < -0.4 is 0 Å². The Morgan fingerprint density at radius 2 is 2.07 bits per heavy atom. The van der Waals surface area contributed by atoms with Crippen molar-refractivity contribution < 1.29 is 9.90 Å². The number of hydrogen-bond donors (Lipinski definition) is 1. The maximum Gasteiger partial charge on any atom is 0.317 e. The molecule has 1 heterocycles. The number of nitrogens with zero attached hydrogens (tertiary/aromatic N) is 1. The Labute approximate surface area is 101 Å². The zero-order valence-corrected chi connectivity index (χ0v) is 9.64. The number of rotatable bonds is 2. The van der Waals surface area contributed by atoms with Gasteiger partial charge in [-0.05, 0) is 11.6 Å². The van der Waals surface area contributed by atoms with Crippen molar-refractivity contribution >= 4 is 40.8 Å². The molecule has 6 heteroatoms. The second-order valence-corrected chi connectivity index (χ2v) is 5.33. The lowest BCUT2D eigenvalue weighted by Crippen LogP contribution is -2.26. The molecule has 80 valence electrons. The molecular weight excluding hydrogens is 260 g/mol. The first-order valence-corrected chi connectivity index (χ1v) is 5.27. The summed E-state index contributed by atoms with van der Waals surface area (Å²) >= 11 is 17.3. The molecule has 1 atom stereocenters. The maximum absolute atomic E-state index is 11.2. The third kappa shape index (κ3) is 1.50. The first-order valence-electron chi connectivity index (χ1n) is 4.13. The van der Waals surface area contributed by atoms with Crippen molar-refractivity contribution in [3.63, 3.8) is 0 Å². The van der Waals surface area contributed by atoms with E-state index in [-0.39, 0.29) is 6.42 Å². The molecule has 0 bridgehead atoms. The van der Waals surface area contributed by atoms with Gasteiger partial charge in [0.25, 0.3) is 0 Å². The average molecular weight is 267 g/mol. The van der Waals surface area contributed by atoms with E-state index in [1.165, 1.54) is 12.3 Å². The molecule has 0 radical (unpaired) electrons. The summed E-state index contributed by atoms with van der Waals surface area (Å²) in [4.78, 5) is 15.0. The highest BCUT2D eigenvalue weighted by Crippen LogP contribution is 2.64. The standard InChI is InChI=1S/C9H6Cl3NO2/c10-6-2-1-5(3-13-6)8(7(14)15)4-9(8,11)12/h1-3H,4H2,(H,14,15). The van der Waals surface area contributed by atoms with Crippen molar-refractivity contribution in [3.8, 4) is 0 Å². The van der Waals surface area contributed by atoms with E-state index in [1.54, 1.807) is 6.07 Å². The van der Waals surface area contributed by atoms with Crippen LogP contribution in [0.3, 0.4) is 0 Å². The van der Waals surface area contributed by atoms with Crippen LogP contribution in [-0.4, -0.2) is 20.4 Å². The Hall–Kier alpha value is -0.510. The van der Waals surface area contributed by atoms with Crippen LogP contribution in [0.4, 0.5) is 0 Å². The van der Waals surface area contributed by atoms with Gasteiger partial charge in [-0.3, -0.25) is 4.79 Å². The predicted molar refractivity (Wildman–Crippen MR) is 57.6 cm³/mol. The number of carboxylic acid groups (broad SMARTS) is 1. The van der Waals surface area contributed by atoms with E-state index in [1.807, 2.05) is 0 Å². The van der Waals surface area contributed by atoms with Crippen LogP contribution in [0.15, 0.2) is 18.3 Å². The van der Waals surface area contributed by atoms with Gasteiger partial charge in [0.15, 0.2) is 0 Å². The average Bonchev–Trinajstić information content (AvgIpc) is 2.72. The summed E-state index contributed by atoms with van der Waals surface area (Å²) in [6.45, 7) is 0. The number of hydrogen-bond acceptors (Lipinski definition) is 2. The first-order chi connectivity index (χ1) is 6.90. The quantitative estimate of drug-likeness (QED) is 0.661. The summed E-state index contributed by atoms with van der Waals surface area (Å²) < 4.78 is -1.26. The molecule has 1 aliphatic rings. The van der Waals surface area contributed by atoms with E-state index in [2.05, 4.69) is 4.98 Å². The van der Waals surface area contributed by atoms with Crippen LogP contribution >= 0.6 is 34.8 Å². The molecule has 1 aliphatic carbocycles. The zero-order valence-electron chi connectivity index (χ0n) is 7.38. The van der Waals surface area contributed by atoms with Crippen LogP contribution in [0.2, 0.25) is 5.15 Å². The van der Waals surface area contributed by atoms with Crippen LogP contribution in [0, 0.1) is 0 Å². The van der Waals surface area contributed by atoms with Gasteiger partial charge in [-0.15, -0.1) is 0 Å². The molecule has 0 aliphatic heterocycles. The van der Waals surface area contributed by atoms with Gasteiger partial charge < -0.3 is 5.11 Å². The highest BCUT2D eigenvalue weighted by molar-refractivity contribution is 6.54. The summed E-state index contributed by atoms with van der Waals surface area (Å²) in [5.74, 6) is -1.04. The molecule has 0 spiro atoms. The molecule has 1 aromatic rings. The highest BCUT2D eigenvalue weighted by Gasteiger charge is 2.73. The molecule has 0 saturated heterocycles. The fraction of sp³-hybridized carbons (Fsp3) is 0.333. The van der Waals surface area contributed by atoms with Crippen molar-refractivity contribution in [3.05, 3.63) is 29.0 Å². The van der Waals surface area contributed by atoms with Gasteiger partial charge >= 0.3 is 5.97 Å². The Morgan fingerprint density at radius 3 is 2.40 bits per heavy atom. The summed E-state index contributed by atoms with van der Waals surface area (Å²) in [6.07, 6.45) is 1.57. The normalized spacial score (nSPS) is 27.4. The van der Waals surface area contributed by atoms with Crippen LogP contribution in [-0.2, 0) is 10.2 Å². The minimum Gasteiger partial charge on any atom is -0.480 e. The van der Waals surface area contributed by atoms with Gasteiger partial charge in [0.2, 0.25) is 0 Å². The molecule has 2 rings (SSSR count). The van der Waals surface area contributed by atoms with Gasteiger partial charge in [0.05, 0.1) is 0 Å². The van der Waals surface area contributed by atoms with Gasteiger partial charge in [0.1, 0.15) is 14.9 Å². The van der Waals surface area contributed by atoms with E-state index < -0.39 is 15.7 Å². The zero-order chi connectivity index (χ0) is 11.3. The molecule has 15 heavy (non-hydrogen) atoms. The Bertz CT molecular complexity index is 418. The molecular formula is C9H6Cl3NO2. The topological polar surface area (TPSA) is 50.2 Å². The van der Waals surface area contributed by atoms with Gasteiger partial charge in [-0.25, -0.2) is 4.98 Å². The van der Waals surface area contributed by atoms with Crippen molar-refractivity contribution in [2.24, 2.45) is 0 Å². The number of carboxylic acids is 1. The third-order valence-corrected chi connectivity index (χ3v) is 3.71. The number of aliphatic carboxylic acids is 1. The molecule has 0 aromatic carbocycles. The first kappa shape index (κ1) is 11.0. The molecule has 3 nitrogen and oxygen atoms in total. The second-order valence-electron chi connectivity index (χ2n) is 3.46. The fourth-order valence-corrected chi connectivity index (χ4v) is 2.48.